The maximum atomic E-state index is 12.3. The Morgan fingerprint density at radius 1 is 1.04 bits per heavy atom. The van der Waals surface area contributed by atoms with Gasteiger partial charge < -0.3 is 5.32 Å². The molecule has 1 amide bonds. The molecule has 25 heavy (non-hydrogen) atoms. The van der Waals surface area contributed by atoms with Gasteiger partial charge in [0.15, 0.2) is 0 Å². The van der Waals surface area contributed by atoms with Crippen molar-refractivity contribution in [1.82, 2.24) is 4.72 Å². The molecule has 0 heterocycles. The largest absolute Gasteiger partial charge is 0.325 e. The second kappa shape index (κ2) is 8.27. The van der Waals surface area contributed by atoms with Gasteiger partial charge in [0.05, 0.1) is 12.3 Å². The summed E-state index contributed by atoms with van der Waals surface area (Å²) in [6.07, 6.45) is 0.787. The van der Waals surface area contributed by atoms with Gasteiger partial charge in [-0.2, -0.15) is 0 Å². The summed E-state index contributed by atoms with van der Waals surface area (Å²) in [7, 11) is -3.59. The average Bonchev–Trinajstić information content (AvgIpc) is 2.57. The van der Waals surface area contributed by atoms with Gasteiger partial charge in [-0.1, -0.05) is 48.9 Å². The fraction of sp³-hybridized carbons (Fsp3) is 0.316. The van der Waals surface area contributed by atoms with Crippen LogP contribution in [0.1, 0.15) is 29.2 Å². The zero-order valence-corrected chi connectivity index (χ0v) is 15.6. The molecule has 2 rings (SSSR count). The quantitative estimate of drug-likeness (QED) is 0.797. The minimum absolute atomic E-state index is 0.140. The van der Waals surface area contributed by atoms with E-state index in [1.54, 1.807) is 6.07 Å². The number of benzene rings is 2. The van der Waals surface area contributed by atoms with E-state index in [1.807, 2.05) is 57.2 Å². The number of carbonyl (C=O) groups is 1. The van der Waals surface area contributed by atoms with Gasteiger partial charge in [-0.25, -0.2) is 13.1 Å². The maximum Gasteiger partial charge on any atom is 0.239 e. The average molecular weight is 360 g/mol. The third kappa shape index (κ3) is 5.69. The van der Waals surface area contributed by atoms with Crippen LogP contribution in [0, 0.1) is 13.8 Å². The molecule has 0 aliphatic heterocycles. The van der Waals surface area contributed by atoms with Crippen molar-refractivity contribution in [1.29, 1.82) is 0 Å². The third-order valence-electron chi connectivity index (χ3n) is 3.98. The van der Waals surface area contributed by atoms with Crippen LogP contribution >= 0.6 is 0 Å². The Labute approximate surface area is 149 Å². The van der Waals surface area contributed by atoms with Crippen LogP contribution in [0.5, 0.6) is 0 Å². The van der Waals surface area contributed by atoms with Gasteiger partial charge in [-0.3, -0.25) is 4.79 Å². The number of anilines is 1. The number of aryl methyl sites for hydroxylation is 3. The van der Waals surface area contributed by atoms with Gasteiger partial charge in [-0.05, 0) is 43.0 Å². The minimum atomic E-state index is -3.59. The molecule has 0 unspecified atom stereocenters. The number of nitrogens with one attached hydrogen (secondary N) is 2. The number of carbonyl (C=O) groups excluding carboxylic acids is 1. The van der Waals surface area contributed by atoms with Gasteiger partial charge in [0.2, 0.25) is 15.9 Å². The molecule has 0 radical (unpaired) electrons. The molecule has 0 saturated carbocycles. The van der Waals surface area contributed by atoms with Gasteiger partial charge in [-0.15, -0.1) is 0 Å². The van der Waals surface area contributed by atoms with Gasteiger partial charge in [0.25, 0.3) is 0 Å². The van der Waals surface area contributed by atoms with Crippen molar-refractivity contribution >= 4 is 21.6 Å². The lowest BCUT2D eigenvalue weighted by Gasteiger charge is -2.11. The number of rotatable bonds is 7. The molecule has 0 aliphatic rings. The monoisotopic (exact) mass is 360 g/mol. The highest BCUT2D eigenvalue weighted by molar-refractivity contribution is 7.88. The molecule has 2 N–H and O–H groups in total. The molecule has 0 spiro atoms. The lowest BCUT2D eigenvalue weighted by atomic mass is 10.1. The minimum Gasteiger partial charge on any atom is -0.325 e. The number of sulfonamides is 1. The summed E-state index contributed by atoms with van der Waals surface area (Å²) >= 11 is 0. The van der Waals surface area contributed by atoms with Crippen molar-refractivity contribution in [3.05, 3.63) is 64.7 Å². The molecule has 0 fully saturated rings. The molecule has 5 nitrogen and oxygen atoms in total. The van der Waals surface area contributed by atoms with Crippen molar-refractivity contribution in [3.8, 4) is 0 Å². The van der Waals surface area contributed by atoms with E-state index >= 15 is 0 Å². The Bertz CT molecular complexity index is 861. The Morgan fingerprint density at radius 3 is 2.48 bits per heavy atom. The highest BCUT2D eigenvalue weighted by Crippen LogP contribution is 2.15. The summed E-state index contributed by atoms with van der Waals surface area (Å²) in [5, 5.41) is 2.75. The van der Waals surface area contributed by atoms with E-state index in [9.17, 15) is 13.2 Å². The summed E-state index contributed by atoms with van der Waals surface area (Å²) in [5.41, 5.74) is 4.38. The van der Waals surface area contributed by atoms with Crippen LogP contribution in [0.15, 0.2) is 42.5 Å². The number of hydrogen-bond acceptors (Lipinski definition) is 3. The number of hydrogen-bond donors (Lipinski definition) is 2. The Balaban J connectivity index is 1.97. The predicted octanol–water partition coefficient (Wildman–Crippen LogP) is 2.92. The van der Waals surface area contributed by atoms with Crippen molar-refractivity contribution < 1.29 is 13.2 Å². The normalized spacial score (nSPS) is 11.3. The van der Waals surface area contributed by atoms with Crippen molar-refractivity contribution in [2.45, 2.75) is 32.9 Å². The second-order valence-corrected chi connectivity index (χ2v) is 7.88. The summed E-state index contributed by atoms with van der Waals surface area (Å²) in [6, 6.07) is 13.2. The van der Waals surface area contributed by atoms with Crippen LogP contribution in [-0.4, -0.2) is 20.9 Å². The summed E-state index contributed by atoms with van der Waals surface area (Å²) in [4.78, 5) is 12.1. The van der Waals surface area contributed by atoms with Crippen molar-refractivity contribution in [2.75, 3.05) is 11.9 Å². The first-order valence-electron chi connectivity index (χ1n) is 8.22. The Hall–Kier alpha value is -2.18. The fourth-order valence-electron chi connectivity index (χ4n) is 2.53. The summed E-state index contributed by atoms with van der Waals surface area (Å²) in [5.74, 6) is -0.523. The van der Waals surface area contributed by atoms with Crippen LogP contribution in [-0.2, 0) is 27.0 Å². The van der Waals surface area contributed by atoms with Crippen LogP contribution < -0.4 is 10.0 Å². The third-order valence-corrected chi connectivity index (χ3v) is 5.25. The van der Waals surface area contributed by atoms with Crippen LogP contribution in [0.2, 0.25) is 0 Å². The van der Waals surface area contributed by atoms with E-state index in [0.717, 1.165) is 28.7 Å². The molecule has 0 bridgehead atoms. The molecule has 2 aromatic carbocycles. The van der Waals surface area contributed by atoms with Crippen molar-refractivity contribution in [2.24, 2.45) is 0 Å². The van der Waals surface area contributed by atoms with E-state index in [0.29, 0.717) is 5.69 Å². The molecule has 0 aromatic heterocycles. The summed E-state index contributed by atoms with van der Waals surface area (Å²) in [6.45, 7) is 5.50. The lowest BCUT2D eigenvalue weighted by molar-refractivity contribution is -0.115. The van der Waals surface area contributed by atoms with E-state index in [2.05, 4.69) is 10.0 Å². The molecule has 0 saturated heterocycles. The highest BCUT2D eigenvalue weighted by Gasteiger charge is 2.15. The Kier molecular flexibility index (Phi) is 6.33. The van der Waals surface area contributed by atoms with Crippen LogP contribution in [0.25, 0.3) is 0 Å². The fourth-order valence-corrected chi connectivity index (χ4v) is 3.71. The van der Waals surface area contributed by atoms with E-state index in [1.165, 1.54) is 0 Å². The Morgan fingerprint density at radius 2 is 1.76 bits per heavy atom. The highest BCUT2D eigenvalue weighted by atomic mass is 32.2. The molecule has 134 valence electrons. The van der Waals surface area contributed by atoms with E-state index in [4.69, 9.17) is 0 Å². The SMILES string of the molecule is CCc1ccccc1NC(=O)CNS(=O)(=O)Cc1cc(C)ccc1C. The van der Waals surface area contributed by atoms with Gasteiger partial charge in [0, 0.05) is 5.69 Å². The van der Waals surface area contributed by atoms with Crippen LogP contribution in [0.4, 0.5) is 5.69 Å². The molecule has 0 atom stereocenters. The van der Waals surface area contributed by atoms with E-state index in [-0.39, 0.29) is 18.2 Å². The summed E-state index contributed by atoms with van der Waals surface area (Å²) < 4.78 is 26.9. The molecule has 6 heteroatoms. The molecular formula is C19H24N2O3S. The predicted molar refractivity (Wildman–Crippen MR) is 101 cm³/mol. The second-order valence-electron chi connectivity index (χ2n) is 6.07. The first-order chi connectivity index (χ1) is 11.8. The number of para-hydroxylation sites is 1. The van der Waals surface area contributed by atoms with Gasteiger partial charge in [0.1, 0.15) is 0 Å². The number of amides is 1. The standard InChI is InChI=1S/C19H24N2O3S/c1-4-16-7-5-6-8-18(16)21-19(22)12-20-25(23,24)13-17-11-14(2)9-10-15(17)3/h5-11,20H,4,12-13H2,1-3H3,(H,21,22). The van der Waals surface area contributed by atoms with Gasteiger partial charge >= 0.3 is 0 Å². The molecular weight excluding hydrogens is 336 g/mol. The molecule has 2 aromatic rings. The maximum absolute atomic E-state index is 12.3. The molecule has 0 aliphatic carbocycles. The zero-order chi connectivity index (χ0) is 18.4. The lowest BCUT2D eigenvalue weighted by Crippen LogP contribution is -2.34. The van der Waals surface area contributed by atoms with Crippen LogP contribution in [0.3, 0.4) is 0 Å². The first-order valence-corrected chi connectivity index (χ1v) is 9.87. The zero-order valence-electron chi connectivity index (χ0n) is 14.8. The van der Waals surface area contributed by atoms with Crippen molar-refractivity contribution in [3.63, 3.8) is 0 Å². The smallest absolute Gasteiger partial charge is 0.239 e. The first kappa shape index (κ1) is 19.1. The topological polar surface area (TPSA) is 75.3 Å². The van der Waals surface area contributed by atoms with E-state index < -0.39 is 10.0 Å².